The Morgan fingerprint density at radius 2 is 0.773 bits per heavy atom. The van der Waals surface area contributed by atoms with Crippen LogP contribution >= 0.6 is 18.5 Å². The first-order chi connectivity index (χ1) is 21.4. The van der Waals surface area contributed by atoms with Crippen LogP contribution in [0.2, 0.25) is 0 Å². The van der Waals surface area contributed by atoms with E-state index in [4.69, 9.17) is 18.9 Å². The van der Waals surface area contributed by atoms with Crippen LogP contribution < -0.4 is 18.9 Å². The maximum atomic E-state index is 6.10. The summed E-state index contributed by atoms with van der Waals surface area (Å²) in [5.41, 5.74) is 4.30. The predicted octanol–water partition coefficient (Wildman–Crippen LogP) is 9.64. The van der Waals surface area contributed by atoms with Gasteiger partial charge in [-0.1, -0.05) is 112 Å². The molecule has 0 aromatic heterocycles. The Labute approximate surface area is 269 Å². The van der Waals surface area contributed by atoms with E-state index in [1.165, 1.54) is 19.3 Å². The van der Waals surface area contributed by atoms with Crippen LogP contribution in [-0.4, -0.2) is 28.4 Å². The summed E-state index contributed by atoms with van der Waals surface area (Å²) < 4.78 is 24.4. The van der Waals surface area contributed by atoms with E-state index in [2.05, 4.69) is 98.2 Å². The largest absolute Gasteiger partial charge is 0.496 e. The third-order valence-electron chi connectivity index (χ3n) is 8.91. The monoisotopic (exact) mass is 630 g/mol. The second-order valence-electron chi connectivity index (χ2n) is 11.3. The van der Waals surface area contributed by atoms with E-state index in [9.17, 15) is 0 Å². The summed E-state index contributed by atoms with van der Waals surface area (Å²) in [6, 6.07) is 33.5. The van der Waals surface area contributed by atoms with Gasteiger partial charge in [-0.15, -0.1) is 18.5 Å². The molecule has 0 fully saturated rings. The first-order valence-corrected chi connectivity index (χ1v) is 16.7. The molecule has 0 saturated heterocycles. The third-order valence-corrected chi connectivity index (χ3v) is 11.0. The molecule has 0 aliphatic heterocycles. The van der Waals surface area contributed by atoms with Crippen molar-refractivity contribution in [3.8, 4) is 23.0 Å². The van der Waals surface area contributed by atoms with Gasteiger partial charge < -0.3 is 18.9 Å². The average Bonchev–Trinajstić information content (AvgIpc) is 3.09. The van der Waals surface area contributed by atoms with E-state index < -0.39 is 10.3 Å². The molecule has 0 aliphatic carbocycles. The maximum Gasteiger partial charge on any atom is 0.123 e. The lowest BCUT2D eigenvalue weighted by Gasteiger charge is -2.50. The molecule has 234 valence electrons. The van der Waals surface area contributed by atoms with E-state index in [0.29, 0.717) is 0 Å². The smallest absolute Gasteiger partial charge is 0.123 e. The number of methoxy groups -OCH3 is 4. The summed E-state index contributed by atoms with van der Waals surface area (Å²) in [6.07, 6.45) is 6.79. The molecule has 4 aromatic rings. The molecule has 4 rings (SSSR count). The molecule has 4 aromatic carbocycles. The van der Waals surface area contributed by atoms with Gasteiger partial charge in [-0.3, -0.25) is 0 Å². The fraction of sp³-hybridized carbons (Fsp3) is 0.368. The topological polar surface area (TPSA) is 36.9 Å². The van der Waals surface area contributed by atoms with E-state index in [1.54, 1.807) is 28.4 Å². The van der Waals surface area contributed by atoms with Crippen LogP contribution in [0.5, 0.6) is 23.0 Å². The summed E-state index contributed by atoms with van der Waals surface area (Å²) in [5, 5.41) is -1.32. The van der Waals surface area contributed by atoms with Crippen LogP contribution in [-0.2, 0) is 10.3 Å². The minimum Gasteiger partial charge on any atom is -0.496 e. The van der Waals surface area contributed by atoms with Crippen molar-refractivity contribution in [1.29, 1.82) is 0 Å². The number of rotatable bonds is 16. The number of benzene rings is 4. The van der Waals surface area contributed by atoms with E-state index in [1.807, 2.05) is 24.3 Å². The van der Waals surface area contributed by atoms with Crippen molar-refractivity contribution < 1.29 is 18.9 Å². The molecule has 6 heteroatoms. The highest BCUT2D eigenvalue weighted by Crippen LogP contribution is 2.64. The van der Waals surface area contributed by atoms with Crippen molar-refractivity contribution in [2.24, 2.45) is 5.92 Å². The van der Waals surface area contributed by atoms with Gasteiger partial charge in [0.05, 0.1) is 28.4 Å². The van der Waals surface area contributed by atoms with E-state index in [-0.39, 0.29) is 5.92 Å². The van der Waals surface area contributed by atoms with Crippen molar-refractivity contribution in [3.05, 3.63) is 119 Å². The second kappa shape index (κ2) is 15.8. The van der Waals surface area contributed by atoms with Gasteiger partial charge in [0.2, 0.25) is 0 Å². The molecule has 0 aliphatic rings. The van der Waals surface area contributed by atoms with Gasteiger partial charge in [0.15, 0.2) is 0 Å². The fourth-order valence-electron chi connectivity index (χ4n) is 6.75. The lowest BCUT2D eigenvalue weighted by Crippen LogP contribution is -2.44. The van der Waals surface area contributed by atoms with Gasteiger partial charge >= 0.3 is 0 Å². The number of para-hydroxylation sites is 4. The Hall–Kier alpha value is -3.06. The van der Waals surface area contributed by atoms with Crippen molar-refractivity contribution in [1.82, 2.24) is 0 Å². The van der Waals surface area contributed by atoms with E-state index >= 15 is 0 Å². The Kier molecular flexibility index (Phi) is 12.1. The zero-order valence-electron chi connectivity index (χ0n) is 26.8. The molecule has 2 unspecified atom stereocenters. The first kappa shape index (κ1) is 33.8. The highest BCUT2D eigenvalue weighted by atomic mass is 31.0. The summed E-state index contributed by atoms with van der Waals surface area (Å²) >= 11 is 0. The van der Waals surface area contributed by atoms with Gasteiger partial charge in [-0.2, -0.15) is 0 Å². The number of hydrogen-bond donors (Lipinski definition) is 0. The van der Waals surface area contributed by atoms with Crippen LogP contribution in [0.15, 0.2) is 97.1 Å². The average molecular weight is 631 g/mol. The summed E-state index contributed by atoms with van der Waals surface area (Å²) in [6.45, 7) is 2.26. The standard InChI is InChI=1S/C38H48O4P2/c1-6-7-8-9-10-27-36(37(43,28-19-11-15-23-32(28)39-2)29-20-12-16-24-33(29)40-3)38(44,30-21-13-17-25-34(30)41-4)31-22-14-18-26-35(31)42-5/h11-26,36H,6-10,27,43-44H2,1-5H3. The Morgan fingerprint density at radius 1 is 0.477 bits per heavy atom. The van der Waals surface area contributed by atoms with Crippen LogP contribution in [0, 0.1) is 5.92 Å². The fourth-order valence-corrected chi connectivity index (χ4v) is 8.76. The van der Waals surface area contributed by atoms with Gasteiger partial charge in [0, 0.05) is 32.6 Å². The molecule has 0 heterocycles. The molecule has 0 bridgehead atoms. The third kappa shape index (κ3) is 6.63. The second-order valence-corrected chi connectivity index (χ2v) is 13.1. The summed E-state index contributed by atoms with van der Waals surface area (Å²) in [5.74, 6) is 3.27. The number of hydrogen-bond acceptors (Lipinski definition) is 4. The molecule has 2 atom stereocenters. The van der Waals surface area contributed by atoms with Gasteiger partial charge in [0.25, 0.3) is 0 Å². The molecular weight excluding hydrogens is 582 g/mol. The highest BCUT2D eigenvalue weighted by Gasteiger charge is 2.53. The zero-order chi connectivity index (χ0) is 31.6. The first-order valence-electron chi connectivity index (χ1n) is 15.5. The lowest BCUT2D eigenvalue weighted by atomic mass is 9.65. The molecule has 0 radical (unpaired) electrons. The molecule has 0 N–H and O–H groups in total. The SMILES string of the molecule is CCCCCCCC(C(P)(c1ccccc1OC)c1ccccc1OC)C(P)(c1ccccc1OC)c1ccccc1OC. The van der Waals surface area contributed by atoms with E-state index in [0.717, 1.165) is 64.5 Å². The Morgan fingerprint density at radius 3 is 1.07 bits per heavy atom. The Bertz CT molecular complexity index is 1290. The van der Waals surface area contributed by atoms with Crippen LogP contribution in [0.25, 0.3) is 0 Å². The predicted molar refractivity (Wildman–Crippen MR) is 190 cm³/mol. The van der Waals surface area contributed by atoms with Gasteiger partial charge in [0.1, 0.15) is 23.0 Å². The van der Waals surface area contributed by atoms with Crippen LogP contribution in [0.3, 0.4) is 0 Å². The zero-order valence-corrected chi connectivity index (χ0v) is 29.2. The lowest BCUT2D eigenvalue weighted by molar-refractivity contribution is 0.290. The molecule has 44 heavy (non-hydrogen) atoms. The van der Waals surface area contributed by atoms with Gasteiger partial charge in [-0.05, 0) is 36.6 Å². The summed E-state index contributed by atoms with van der Waals surface area (Å²) in [4.78, 5) is 0. The molecule has 0 saturated carbocycles. The highest BCUT2D eigenvalue weighted by molar-refractivity contribution is 7.20. The molecule has 0 spiro atoms. The van der Waals surface area contributed by atoms with Crippen molar-refractivity contribution in [2.45, 2.75) is 55.8 Å². The van der Waals surface area contributed by atoms with Crippen LogP contribution in [0.1, 0.15) is 67.7 Å². The van der Waals surface area contributed by atoms with Gasteiger partial charge in [-0.25, -0.2) is 0 Å². The molecular formula is C38H48O4P2. The minimum atomic E-state index is -0.659. The number of ether oxygens (including phenoxy) is 4. The van der Waals surface area contributed by atoms with Crippen LogP contribution in [0.4, 0.5) is 0 Å². The maximum absolute atomic E-state index is 6.10. The molecule has 4 nitrogen and oxygen atoms in total. The number of unbranched alkanes of at least 4 members (excludes halogenated alkanes) is 4. The summed E-state index contributed by atoms with van der Waals surface area (Å²) in [7, 11) is 13.6. The normalized spacial score (nSPS) is 11.8. The quantitative estimate of drug-likeness (QED) is 0.0913. The van der Waals surface area contributed by atoms with Crippen molar-refractivity contribution >= 4 is 18.5 Å². The van der Waals surface area contributed by atoms with Crippen molar-refractivity contribution in [3.63, 3.8) is 0 Å². The van der Waals surface area contributed by atoms with Crippen molar-refractivity contribution in [2.75, 3.05) is 28.4 Å². The minimum absolute atomic E-state index is 0.0492. The molecule has 0 amide bonds. The Balaban J connectivity index is 2.15.